The van der Waals surface area contributed by atoms with Crippen molar-refractivity contribution in [2.75, 3.05) is 13.2 Å². The van der Waals surface area contributed by atoms with E-state index in [0.29, 0.717) is 37.2 Å². The average Bonchev–Trinajstić information content (AvgIpc) is 2.65. The molecule has 2 aliphatic rings. The molecule has 2 saturated heterocycles. The van der Waals surface area contributed by atoms with Crippen molar-refractivity contribution >= 4 is 0 Å². The maximum Gasteiger partial charge on any atom is 0.123 e. The number of piperidine rings is 1. The Balaban J connectivity index is 1.63. The summed E-state index contributed by atoms with van der Waals surface area (Å²) in [5.74, 6) is -0.381. The number of halogens is 1. The van der Waals surface area contributed by atoms with Crippen molar-refractivity contribution in [2.45, 2.75) is 43.5 Å². The Kier molecular flexibility index (Phi) is 4.96. The molecule has 0 radical (unpaired) electrons. The molecule has 2 aromatic carbocycles. The molecule has 2 heterocycles. The zero-order valence-corrected chi connectivity index (χ0v) is 15.1. The highest BCUT2D eigenvalue weighted by atomic mass is 19.1. The molecule has 2 unspecified atom stereocenters. The number of ether oxygens (including phenoxy) is 1. The van der Waals surface area contributed by atoms with Gasteiger partial charge in [0.05, 0.1) is 31.3 Å². The van der Waals surface area contributed by atoms with Gasteiger partial charge in [-0.05, 0) is 41.7 Å². The first kappa shape index (κ1) is 18.1. The summed E-state index contributed by atoms with van der Waals surface area (Å²) in [5.41, 5.74) is 1.36. The zero-order chi connectivity index (χ0) is 18.9. The predicted octanol–water partition coefficient (Wildman–Crippen LogP) is 3.14. The predicted molar refractivity (Wildman–Crippen MR) is 99.2 cm³/mol. The second-order valence-corrected chi connectivity index (χ2v) is 7.58. The SMILES string of the molecule is N#CCc1ccc(F)cc1C1(O)CC2COCC(C1)N2Cc1ccccc1. The molecule has 2 aromatic rings. The highest BCUT2D eigenvalue weighted by Gasteiger charge is 2.47. The summed E-state index contributed by atoms with van der Waals surface area (Å²) >= 11 is 0. The number of nitrogens with zero attached hydrogens (tertiary/aromatic N) is 2. The van der Waals surface area contributed by atoms with Gasteiger partial charge in [-0.1, -0.05) is 36.4 Å². The first-order valence-electron chi connectivity index (χ1n) is 9.35. The molecule has 0 aromatic heterocycles. The monoisotopic (exact) mass is 366 g/mol. The largest absolute Gasteiger partial charge is 0.385 e. The van der Waals surface area contributed by atoms with Crippen LogP contribution in [0.25, 0.3) is 0 Å². The number of fused-ring (bicyclic) bond motifs is 2. The van der Waals surface area contributed by atoms with E-state index in [1.165, 1.54) is 17.7 Å². The molecule has 0 aliphatic carbocycles. The van der Waals surface area contributed by atoms with Crippen LogP contribution in [0.1, 0.15) is 29.5 Å². The van der Waals surface area contributed by atoms with Gasteiger partial charge in [0.25, 0.3) is 0 Å². The van der Waals surface area contributed by atoms with Crippen molar-refractivity contribution in [1.82, 2.24) is 4.90 Å². The number of rotatable bonds is 4. The number of morpholine rings is 1. The topological polar surface area (TPSA) is 56.5 Å². The standard InChI is InChI=1S/C22H23FN2O2/c23-18-7-6-17(8-9-24)21(10-18)22(26)11-19-14-27-15-20(12-22)25(19)13-16-4-2-1-3-5-16/h1-7,10,19-20,26H,8,11-15H2. The number of hydrogen-bond donors (Lipinski definition) is 1. The van der Waals surface area contributed by atoms with E-state index in [0.717, 1.165) is 6.54 Å². The molecule has 2 fully saturated rings. The fourth-order valence-corrected chi connectivity index (χ4v) is 4.54. The molecule has 2 atom stereocenters. The lowest BCUT2D eigenvalue weighted by molar-refractivity contribution is -0.149. The van der Waals surface area contributed by atoms with Crippen molar-refractivity contribution in [3.05, 3.63) is 71.0 Å². The van der Waals surface area contributed by atoms with Gasteiger partial charge in [-0.3, -0.25) is 4.90 Å². The van der Waals surface area contributed by atoms with Gasteiger partial charge in [-0.2, -0.15) is 5.26 Å². The Hall–Kier alpha value is -2.26. The van der Waals surface area contributed by atoms with Gasteiger partial charge < -0.3 is 9.84 Å². The number of nitriles is 1. The van der Waals surface area contributed by atoms with Crippen molar-refractivity contribution in [3.63, 3.8) is 0 Å². The van der Waals surface area contributed by atoms with Crippen LogP contribution in [-0.2, 0) is 23.3 Å². The Labute approximate surface area is 158 Å². The van der Waals surface area contributed by atoms with Crippen LogP contribution in [0.5, 0.6) is 0 Å². The highest BCUT2D eigenvalue weighted by molar-refractivity contribution is 5.36. The summed E-state index contributed by atoms with van der Waals surface area (Å²) < 4.78 is 19.7. The lowest BCUT2D eigenvalue weighted by Gasteiger charge is -2.52. The zero-order valence-electron chi connectivity index (χ0n) is 15.1. The minimum absolute atomic E-state index is 0.0564. The van der Waals surface area contributed by atoms with Crippen LogP contribution in [-0.4, -0.2) is 35.3 Å². The third kappa shape index (κ3) is 3.61. The molecule has 5 heteroatoms. The van der Waals surface area contributed by atoms with Crippen LogP contribution in [0.15, 0.2) is 48.5 Å². The van der Waals surface area contributed by atoms with Gasteiger partial charge >= 0.3 is 0 Å². The third-order valence-electron chi connectivity index (χ3n) is 5.76. The van der Waals surface area contributed by atoms with Crippen LogP contribution < -0.4 is 0 Å². The average molecular weight is 366 g/mol. The van der Waals surface area contributed by atoms with E-state index in [9.17, 15) is 9.50 Å². The molecule has 140 valence electrons. The van der Waals surface area contributed by atoms with Crippen LogP contribution in [0, 0.1) is 17.1 Å². The number of benzene rings is 2. The molecule has 4 nitrogen and oxygen atoms in total. The number of hydrogen-bond acceptors (Lipinski definition) is 4. The van der Waals surface area contributed by atoms with Crippen molar-refractivity contribution in [1.29, 1.82) is 5.26 Å². The van der Waals surface area contributed by atoms with E-state index in [1.807, 2.05) is 18.2 Å². The molecule has 2 aliphatic heterocycles. The molecular formula is C22H23FN2O2. The number of aliphatic hydroxyl groups is 1. The quantitative estimate of drug-likeness (QED) is 0.903. The van der Waals surface area contributed by atoms with Gasteiger partial charge in [-0.25, -0.2) is 4.39 Å². The highest BCUT2D eigenvalue weighted by Crippen LogP contribution is 2.43. The van der Waals surface area contributed by atoms with Crippen LogP contribution in [0.4, 0.5) is 4.39 Å². The Morgan fingerprint density at radius 1 is 1.15 bits per heavy atom. The van der Waals surface area contributed by atoms with Crippen LogP contribution in [0.2, 0.25) is 0 Å². The minimum atomic E-state index is -1.14. The Morgan fingerprint density at radius 2 is 1.85 bits per heavy atom. The molecule has 2 bridgehead atoms. The maximum absolute atomic E-state index is 13.9. The normalized spacial score (nSPS) is 27.9. The van der Waals surface area contributed by atoms with Crippen molar-refractivity contribution in [2.24, 2.45) is 0 Å². The van der Waals surface area contributed by atoms with E-state index in [-0.39, 0.29) is 24.3 Å². The molecule has 1 N–H and O–H groups in total. The molecule has 0 saturated carbocycles. The van der Waals surface area contributed by atoms with E-state index >= 15 is 0 Å². The molecule has 0 amide bonds. The summed E-state index contributed by atoms with van der Waals surface area (Å²) in [6.07, 6.45) is 1.11. The van der Waals surface area contributed by atoms with Crippen molar-refractivity contribution < 1.29 is 14.2 Å². The second kappa shape index (κ2) is 7.40. The van der Waals surface area contributed by atoms with Gasteiger partial charge in [-0.15, -0.1) is 0 Å². The van der Waals surface area contributed by atoms with E-state index in [2.05, 4.69) is 23.1 Å². The summed E-state index contributed by atoms with van der Waals surface area (Å²) in [5, 5.41) is 20.6. The first-order chi connectivity index (χ1) is 13.1. The van der Waals surface area contributed by atoms with Gasteiger partial charge in [0.15, 0.2) is 0 Å². The fraction of sp³-hybridized carbons (Fsp3) is 0.409. The second-order valence-electron chi connectivity index (χ2n) is 7.58. The van der Waals surface area contributed by atoms with E-state index in [1.54, 1.807) is 6.07 Å². The summed E-state index contributed by atoms with van der Waals surface area (Å²) in [7, 11) is 0. The smallest absolute Gasteiger partial charge is 0.123 e. The molecular weight excluding hydrogens is 343 g/mol. The summed E-state index contributed by atoms with van der Waals surface area (Å²) in [6, 6.07) is 16.9. The summed E-state index contributed by atoms with van der Waals surface area (Å²) in [4.78, 5) is 2.40. The van der Waals surface area contributed by atoms with Gasteiger partial charge in [0, 0.05) is 18.6 Å². The van der Waals surface area contributed by atoms with Crippen LogP contribution in [0.3, 0.4) is 0 Å². The van der Waals surface area contributed by atoms with Gasteiger partial charge in [0.1, 0.15) is 5.82 Å². The summed E-state index contributed by atoms with van der Waals surface area (Å²) in [6.45, 7) is 1.91. The van der Waals surface area contributed by atoms with E-state index in [4.69, 9.17) is 10.00 Å². The Morgan fingerprint density at radius 3 is 2.52 bits per heavy atom. The van der Waals surface area contributed by atoms with E-state index < -0.39 is 5.60 Å². The Bertz CT molecular complexity index is 835. The lowest BCUT2D eigenvalue weighted by Crippen LogP contribution is -2.60. The molecule has 4 rings (SSSR count). The van der Waals surface area contributed by atoms with Crippen LogP contribution >= 0.6 is 0 Å². The minimum Gasteiger partial charge on any atom is -0.385 e. The first-order valence-corrected chi connectivity index (χ1v) is 9.35. The van der Waals surface area contributed by atoms with Gasteiger partial charge in [0.2, 0.25) is 0 Å². The molecule has 0 spiro atoms. The molecule has 27 heavy (non-hydrogen) atoms. The lowest BCUT2D eigenvalue weighted by atomic mass is 9.75. The maximum atomic E-state index is 13.9. The third-order valence-corrected chi connectivity index (χ3v) is 5.76. The van der Waals surface area contributed by atoms with Crippen molar-refractivity contribution in [3.8, 4) is 6.07 Å². The fourth-order valence-electron chi connectivity index (χ4n) is 4.54.